The Kier molecular flexibility index (Phi) is 3.48. The van der Waals surface area contributed by atoms with Crippen LogP contribution in [0.4, 0.5) is 0 Å². The van der Waals surface area contributed by atoms with E-state index in [1.54, 1.807) is 23.0 Å². The van der Waals surface area contributed by atoms with Gasteiger partial charge in [-0.15, -0.1) is 5.10 Å². The molecule has 0 unspecified atom stereocenters. The summed E-state index contributed by atoms with van der Waals surface area (Å²) in [7, 11) is 0. The molecule has 100 valence electrons. The minimum Gasteiger partial charge on any atom is -0.345 e. The van der Waals surface area contributed by atoms with E-state index < -0.39 is 6.29 Å². The molecule has 0 atom stereocenters. The number of halogens is 1. The summed E-state index contributed by atoms with van der Waals surface area (Å²) in [6.45, 7) is 0.914. The van der Waals surface area contributed by atoms with Crippen molar-refractivity contribution in [1.82, 2.24) is 15.0 Å². The number of ether oxygens (including phenoxy) is 2. The molecule has 2 N–H and O–H groups in total. The average molecular weight is 281 g/mol. The lowest BCUT2D eigenvalue weighted by Crippen LogP contribution is -2.38. The molecule has 1 saturated heterocycles. The summed E-state index contributed by atoms with van der Waals surface area (Å²) >= 11 is 5.84. The lowest BCUT2D eigenvalue weighted by atomic mass is 10.3. The van der Waals surface area contributed by atoms with Gasteiger partial charge in [0.2, 0.25) is 6.29 Å². The van der Waals surface area contributed by atoms with Crippen LogP contribution in [0.1, 0.15) is 12.0 Å². The van der Waals surface area contributed by atoms with Crippen molar-refractivity contribution in [3.63, 3.8) is 0 Å². The zero-order valence-corrected chi connectivity index (χ0v) is 10.8. The summed E-state index contributed by atoms with van der Waals surface area (Å²) in [5, 5.41) is 8.77. The van der Waals surface area contributed by atoms with Crippen molar-refractivity contribution >= 4 is 11.6 Å². The fourth-order valence-electron chi connectivity index (χ4n) is 1.79. The van der Waals surface area contributed by atoms with E-state index in [0.717, 1.165) is 5.69 Å². The van der Waals surface area contributed by atoms with Crippen LogP contribution in [-0.4, -0.2) is 34.2 Å². The Morgan fingerprint density at radius 2 is 1.89 bits per heavy atom. The standard InChI is InChI=1S/C12H13ClN4O2/c13-8-1-3-10(4-2-8)17-5-11(15-16-17)12-18-6-9(14)7-19-12/h1-5,9,12H,6-7,14H2. The molecule has 0 bridgehead atoms. The average Bonchev–Trinajstić information content (AvgIpc) is 2.90. The Morgan fingerprint density at radius 1 is 1.21 bits per heavy atom. The Morgan fingerprint density at radius 3 is 2.58 bits per heavy atom. The van der Waals surface area contributed by atoms with Crippen molar-refractivity contribution in [2.45, 2.75) is 12.3 Å². The van der Waals surface area contributed by atoms with Crippen molar-refractivity contribution in [2.75, 3.05) is 13.2 Å². The fraction of sp³-hybridized carbons (Fsp3) is 0.333. The number of rotatable bonds is 2. The van der Waals surface area contributed by atoms with Gasteiger partial charge < -0.3 is 15.2 Å². The number of nitrogens with zero attached hydrogens (tertiary/aromatic N) is 3. The van der Waals surface area contributed by atoms with E-state index in [0.29, 0.717) is 23.9 Å². The Hall–Kier alpha value is -1.47. The van der Waals surface area contributed by atoms with E-state index in [1.165, 1.54) is 0 Å². The van der Waals surface area contributed by atoms with Crippen molar-refractivity contribution in [3.8, 4) is 5.69 Å². The first kappa shape index (κ1) is 12.6. The highest BCUT2D eigenvalue weighted by Gasteiger charge is 2.23. The molecule has 7 heteroatoms. The summed E-state index contributed by atoms with van der Waals surface area (Å²) in [5.41, 5.74) is 7.18. The van der Waals surface area contributed by atoms with Gasteiger partial charge in [0.25, 0.3) is 0 Å². The van der Waals surface area contributed by atoms with Gasteiger partial charge in [-0.05, 0) is 24.3 Å². The molecule has 0 aliphatic carbocycles. The van der Waals surface area contributed by atoms with Crippen molar-refractivity contribution < 1.29 is 9.47 Å². The van der Waals surface area contributed by atoms with E-state index in [-0.39, 0.29) is 6.04 Å². The zero-order chi connectivity index (χ0) is 13.2. The predicted molar refractivity (Wildman–Crippen MR) is 69.0 cm³/mol. The first-order chi connectivity index (χ1) is 9.22. The molecule has 6 nitrogen and oxygen atoms in total. The topological polar surface area (TPSA) is 75.2 Å². The third-order valence-electron chi connectivity index (χ3n) is 2.77. The summed E-state index contributed by atoms with van der Waals surface area (Å²) in [4.78, 5) is 0. The van der Waals surface area contributed by atoms with Crippen LogP contribution in [0.5, 0.6) is 0 Å². The summed E-state index contributed by atoms with van der Waals surface area (Å²) < 4.78 is 12.6. The first-order valence-electron chi connectivity index (χ1n) is 5.89. The number of hydrogen-bond acceptors (Lipinski definition) is 5. The summed E-state index contributed by atoms with van der Waals surface area (Å²) in [6, 6.07) is 7.23. The molecular formula is C12H13ClN4O2. The maximum atomic E-state index is 5.84. The van der Waals surface area contributed by atoms with Crippen molar-refractivity contribution in [1.29, 1.82) is 0 Å². The number of aromatic nitrogens is 3. The molecule has 0 spiro atoms. The molecule has 2 aromatic rings. The second-order valence-corrected chi connectivity index (χ2v) is 4.76. The molecule has 0 radical (unpaired) electrons. The Balaban J connectivity index is 1.77. The molecule has 3 rings (SSSR count). The van der Waals surface area contributed by atoms with Crippen LogP contribution in [0.2, 0.25) is 5.02 Å². The molecule has 1 aromatic heterocycles. The van der Waals surface area contributed by atoms with Crippen LogP contribution in [-0.2, 0) is 9.47 Å². The minimum absolute atomic E-state index is 0.0810. The third-order valence-corrected chi connectivity index (χ3v) is 3.02. The number of nitrogens with two attached hydrogens (primary N) is 1. The SMILES string of the molecule is NC1COC(c2cn(-c3ccc(Cl)cc3)nn2)OC1. The van der Waals surface area contributed by atoms with E-state index in [4.69, 9.17) is 26.8 Å². The normalized spacial score (nSPS) is 23.5. The fourth-order valence-corrected chi connectivity index (χ4v) is 1.92. The maximum absolute atomic E-state index is 5.84. The van der Waals surface area contributed by atoms with Crippen LogP contribution in [0.3, 0.4) is 0 Å². The third kappa shape index (κ3) is 2.76. The predicted octanol–water partition coefficient (Wildman–Crippen LogP) is 1.29. The smallest absolute Gasteiger partial charge is 0.204 e. The van der Waals surface area contributed by atoms with Gasteiger partial charge in [-0.3, -0.25) is 0 Å². The molecule has 0 amide bonds. The van der Waals surface area contributed by atoms with Crippen LogP contribution < -0.4 is 5.73 Å². The minimum atomic E-state index is -0.499. The van der Waals surface area contributed by atoms with Crippen molar-refractivity contribution in [3.05, 3.63) is 41.2 Å². The van der Waals surface area contributed by atoms with E-state index in [2.05, 4.69) is 10.3 Å². The Bertz CT molecular complexity index is 549. The maximum Gasteiger partial charge on any atom is 0.204 e. The molecule has 2 heterocycles. The van der Waals surface area contributed by atoms with Crippen molar-refractivity contribution in [2.24, 2.45) is 5.73 Å². The quantitative estimate of drug-likeness (QED) is 0.897. The van der Waals surface area contributed by atoms with Gasteiger partial charge in [-0.2, -0.15) is 0 Å². The lowest BCUT2D eigenvalue weighted by molar-refractivity contribution is -0.191. The lowest BCUT2D eigenvalue weighted by Gasteiger charge is -2.25. The largest absolute Gasteiger partial charge is 0.345 e. The summed E-state index contributed by atoms with van der Waals surface area (Å²) in [5.74, 6) is 0. The van der Waals surface area contributed by atoms with E-state index >= 15 is 0 Å². The van der Waals surface area contributed by atoms with E-state index in [9.17, 15) is 0 Å². The molecule has 19 heavy (non-hydrogen) atoms. The van der Waals surface area contributed by atoms with Gasteiger partial charge in [0, 0.05) is 5.02 Å². The number of hydrogen-bond donors (Lipinski definition) is 1. The Labute approximate surface area is 115 Å². The molecular weight excluding hydrogens is 268 g/mol. The van der Waals surface area contributed by atoms with Gasteiger partial charge in [0.1, 0.15) is 5.69 Å². The second kappa shape index (κ2) is 5.26. The van der Waals surface area contributed by atoms with Gasteiger partial charge in [0.05, 0.1) is 31.1 Å². The van der Waals surface area contributed by atoms with Crippen LogP contribution in [0.25, 0.3) is 5.69 Å². The van der Waals surface area contributed by atoms with E-state index in [1.807, 2.05) is 12.1 Å². The van der Waals surface area contributed by atoms with Crippen LogP contribution in [0, 0.1) is 0 Å². The second-order valence-electron chi connectivity index (χ2n) is 4.32. The van der Waals surface area contributed by atoms with Gasteiger partial charge in [0.15, 0.2) is 0 Å². The molecule has 1 aliphatic rings. The molecule has 1 aliphatic heterocycles. The first-order valence-corrected chi connectivity index (χ1v) is 6.27. The monoisotopic (exact) mass is 280 g/mol. The van der Waals surface area contributed by atoms with Gasteiger partial charge >= 0.3 is 0 Å². The van der Waals surface area contributed by atoms with Gasteiger partial charge in [-0.25, -0.2) is 4.68 Å². The molecule has 1 fully saturated rings. The molecule has 0 saturated carbocycles. The highest BCUT2D eigenvalue weighted by atomic mass is 35.5. The zero-order valence-electron chi connectivity index (χ0n) is 10.1. The highest BCUT2D eigenvalue weighted by molar-refractivity contribution is 6.30. The number of benzene rings is 1. The molecule has 1 aromatic carbocycles. The van der Waals surface area contributed by atoms with Gasteiger partial charge in [-0.1, -0.05) is 16.8 Å². The highest BCUT2D eigenvalue weighted by Crippen LogP contribution is 2.21. The van der Waals surface area contributed by atoms with Crippen LogP contribution in [0.15, 0.2) is 30.5 Å². The van der Waals surface area contributed by atoms with Crippen LogP contribution >= 0.6 is 11.6 Å². The summed E-state index contributed by atoms with van der Waals surface area (Å²) in [6.07, 6.45) is 1.27.